The van der Waals surface area contributed by atoms with Gasteiger partial charge >= 0.3 is 0 Å². The minimum atomic E-state index is -0.584. The van der Waals surface area contributed by atoms with E-state index < -0.39 is 16.7 Å². The molecule has 0 aliphatic carbocycles. The zero-order valence-electron chi connectivity index (χ0n) is 12.2. The van der Waals surface area contributed by atoms with Crippen LogP contribution in [0.3, 0.4) is 0 Å². The fraction of sp³-hybridized carbons (Fsp3) is 0. The Morgan fingerprint density at radius 2 is 1.75 bits per heavy atom. The number of nitrogens with one attached hydrogen (secondary N) is 2. The largest absolute Gasteiger partial charge is 0.366 e. The zero-order valence-corrected chi connectivity index (χ0v) is 13.0. The lowest BCUT2D eigenvalue weighted by Crippen LogP contribution is -2.34. The average Bonchev–Trinajstić information content (AvgIpc) is 2.55. The number of thiocarbonyl (C=S) groups is 1. The topological polar surface area (TPSA) is 127 Å². The molecule has 0 aromatic heterocycles. The molecular weight excluding hydrogens is 332 g/mol. The van der Waals surface area contributed by atoms with Crippen LogP contribution in [-0.2, 0) is 0 Å². The first-order valence-electron chi connectivity index (χ1n) is 6.63. The first-order chi connectivity index (χ1) is 11.4. The third-order valence-corrected chi connectivity index (χ3v) is 3.18. The van der Waals surface area contributed by atoms with Gasteiger partial charge in [0.2, 0.25) is 5.91 Å². The van der Waals surface area contributed by atoms with Crippen LogP contribution < -0.4 is 16.4 Å². The Labute approximate surface area is 141 Å². The molecule has 0 bridgehead atoms. The first-order valence-corrected chi connectivity index (χ1v) is 7.04. The predicted octanol–water partition coefficient (Wildman–Crippen LogP) is 1.82. The van der Waals surface area contributed by atoms with Crippen LogP contribution in [0.5, 0.6) is 0 Å². The van der Waals surface area contributed by atoms with Crippen LogP contribution in [0.2, 0.25) is 0 Å². The number of rotatable bonds is 4. The van der Waals surface area contributed by atoms with Crippen LogP contribution in [0.4, 0.5) is 11.4 Å². The normalized spacial score (nSPS) is 9.83. The second-order valence-corrected chi connectivity index (χ2v) is 5.07. The molecule has 0 radical (unpaired) electrons. The van der Waals surface area contributed by atoms with Gasteiger partial charge in [-0.1, -0.05) is 6.07 Å². The van der Waals surface area contributed by atoms with Crippen molar-refractivity contribution in [1.82, 2.24) is 5.32 Å². The molecule has 0 aliphatic rings. The highest BCUT2D eigenvalue weighted by molar-refractivity contribution is 7.80. The van der Waals surface area contributed by atoms with Crippen LogP contribution in [0, 0.1) is 10.1 Å². The molecule has 0 aliphatic heterocycles. The lowest BCUT2D eigenvalue weighted by atomic mass is 10.2. The van der Waals surface area contributed by atoms with E-state index in [2.05, 4.69) is 10.6 Å². The third-order valence-electron chi connectivity index (χ3n) is 2.97. The van der Waals surface area contributed by atoms with Crippen LogP contribution in [0.25, 0.3) is 0 Å². The molecule has 24 heavy (non-hydrogen) atoms. The van der Waals surface area contributed by atoms with Crippen molar-refractivity contribution < 1.29 is 14.5 Å². The van der Waals surface area contributed by atoms with Gasteiger partial charge in [-0.25, -0.2) is 0 Å². The monoisotopic (exact) mass is 344 g/mol. The van der Waals surface area contributed by atoms with E-state index >= 15 is 0 Å². The van der Waals surface area contributed by atoms with Crippen molar-refractivity contribution in [2.24, 2.45) is 5.73 Å². The third kappa shape index (κ3) is 4.34. The van der Waals surface area contributed by atoms with E-state index in [1.54, 1.807) is 18.2 Å². The number of anilines is 1. The van der Waals surface area contributed by atoms with E-state index in [0.717, 1.165) is 0 Å². The number of carbonyl (C=O) groups excluding carboxylic acids is 2. The van der Waals surface area contributed by atoms with E-state index in [1.807, 2.05) is 0 Å². The van der Waals surface area contributed by atoms with E-state index in [-0.39, 0.29) is 16.4 Å². The maximum absolute atomic E-state index is 12.0. The molecule has 2 aromatic carbocycles. The number of primary amides is 1. The summed E-state index contributed by atoms with van der Waals surface area (Å²) in [6, 6.07) is 11.4. The highest BCUT2D eigenvalue weighted by atomic mass is 32.1. The molecule has 0 saturated heterocycles. The Morgan fingerprint density at radius 1 is 1.08 bits per heavy atom. The SMILES string of the molecule is NC(=O)c1cccc(NC(=S)NC(=O)c2ccc([N+](=O)[O-])cc2)c1. The smallest absolute Gasteiger partial charge is 0.269 e. The summed E-state index contributed by atoms with van der Waals surface area (Å²) in [7, 11) is 0. The molecular formula is C15H12N4O4S. The highest BCUT2D eigenvalue weighted by Crippen LogP contribution is 2.12. The Hall–Kier alpha value is -3.33. The molecule has 0 fully saturated rings. The fourth-order valence-electron chi connectivity index (χ4n) is 1.82. The summed E-state index contributed by atoms with van der Waals surface area (Å²) in [4.78, 5) is 33.2. The van der Waals surface area contributed by atoms with Crippen LogP contribution >= 0.6 is 12.2 Å². The molecule has 2 amide bonds. The van der Waals surface area contributed by atoms with Crippen molar-refractivity contribution in [3.63, 3.8) is 0 Å². The maximum atomic E-state index is 12.0. The summed E-state index contributed by atoms with van der Waals surface area (Å²) in [5.41, 5.74) is 6.07. The van der Waals surface area contributed by atoms with Gasteiger partial charge in [0.15, 0.2) is 5.11 Å². The summed E-state index contributed by atoms with van der Waals surface area (Å²) >= 11 is 5.02. The van der Waals surface area contributed by atoms with Crippen LogP contribution in [0.1, 0.15) is 20.7 Å². The van der Waals surface area contributed by atoms with Gasteiger partial charge in [-0.05, 0) is 42.5 Å². The lowest BCUT2D eigenvalue weighted by Gasteiger charge is -2.10. The van der Waals surface area contributed by atoms with Crippen molar-refractivity contribution in [1.29, 1.82) is 0 Å². The summed E-state index contributed by atoms with van der Waals surface area (Å²) in [5.74, 6) is -1.10. The van der Waals surface area contributed by atoms with Crippen LogP contribution in [-0.4, -0.2) is 21.9 Å². The standard InChI is InChI=1S/C15H12N4O4S/c16-13(20)10-2-1-3-11(8-10)17-15(24)18-14(21)9-4-6-12(7-5-9)19(22)23/h1-8H,(H2,16,20)(H2,17,18,21,24). The number of carbonyl (C=O) groups is 2. The average molecular weight is 344 g/mol. The van der Waals surface area contributed by atoms with Gasteiger partial charge in [0.05, 0.1) is 4.92 Å². The summed E-state index contributed by atoms with van der Waals surface area (Å²) < 4.78 is 0. The zero-order chi connectivity index (χ0) is 17.7. The molecule has 0 heterocycles. The lowest BCUT2D eigenvalue weighted by molar-refractivity contribution is -0.384. The number of benzene rings is 2. The summed E-state index contributed by atoms with van der Waals surface area (Å²) in [6.45, 7) is 0. The van der Waals surface area contributed by atoms with Gasteiger partial charge < -0.3 is 11.1 Å². The molecule has 4 N–H and O–H groups in total. The Kier molecular flexibility index (Phi) is 5.17. The molecule has 0 saturated carbocycles. The molecule has 2 rings (SSSR count). The van der Waals surface area contributed by atoms with E-state index in [9.17, 15) is 19.7 Å². The summed E-state index contributed by atoms with van der Waals surface area (Å²) in [5, 5.41) is 15.8. The van der Waals surface area contributed by atoms with Crippen molar-refractivity contribution in [2.75, 3.05) is 5.32 Å². The van der Waals surface area contributed by atoms with Gasteiger partial charge in [-0.2, -0.15) is 0 Å². The predicted molar refractivity (Wildman–Crippen MR) is 91.7 cm³/mol. The minimum absolute atomic E-state index is 0.0139. The molecule has 0 spiro atoms. The molecule has 2 aromatic rings. The Morgan fingerprint density at radius 3 is 2.33 bits per heavy atom. The van der Waals surface area contributed by atoms with Crippen molar-refractivity contribution in [3.8, 4) is 0 Å². The number of non-ortho nitro benzene ring substituents is 1. The molecule has 122 valence electrons. The van der Waals surface area contributed by atoms with E-state index in [0.29, 0.717) is 11.3 Å². The number of hydrogen-bond donors (Lipinski definition) is 3. The van der Waals surface area contributed by atoms with E-state index in [4.69, 9.17) is 18.0 Å². The fourth-order valence-corrected chi connectivity index (χ4v) is 2.03. The summed E-state index contributed by atoms with van der Waals surface area (Å²) in [6.07, 6.45) is 0. The number of nitro benzene ring substituents is 1. The van der Waals surface area contributed by atoms with Crippen molar-refractivity contribution in [3.05, 3.63) is 69.8 Å². The van der Waals surface area contributed by atoms with Gasteiger partial charge in [0.1, 0.15) is 0 Å². The molecule has 9 heteroatoms. The number of nitrogens with two attached hydrogens (primary N) is 1. The quantitative estimate of drug-likeness (QED) is 0.441. The Balaban J connectivity index is 2.01. The van der Waals surface area contributed by atoms with Gasteiger partial charge in [-0.3, -0.25) is 25.0 Å². The number of amides is 2. The molecule has 0 atom stereocenters. The van der Waals surface area contributed by atoms with Crippen molar-refractivity contribution in [2.45, 2.75) is 0 Å². The molecule has 8 nitrogen and oxygen atoms in total. The second kappa shape index (κ2) is 7.29. The van der Waals surface area contributed by atoms with Crippen molar-refractivity contribution >= 4 is 40.5 Å². The molecule has 0 unspecified atom stereocenters. The second-order valence-electron chi connectivity index (χ2n) is 4.66. The number of hydrogen-bond acceptors (Lipinski definition) is 5. The van der Waals surface area contributed by atoms with Gasteiger partial charge in [-0.15, -0.1) is 0 Å². The minimum Gasteiger partial charge on any atom is -0.366 e. The number of nitro groups is 1. The maximum Gasteiger partial charge on any atom is 0.269 e. The van der Waals surface area contributed by atoms with Gasteiger partial charge in [0, 0.05) is 28.9 Å². The first kappa shape index (κ1) is 17.0. The highest BCUT2D eigenvalue weighted by Gasteiger charge is 2.11. The Bertz CT molecular complexity index is 820. The number of nitrogens with zero attached hydrogens (tertiary/aromatic N) is 1. The van der Waals surface area contributed by atoms with Crippen LogP contribution in [0.15, 0.2) is 48.5 Å². The van der Waals surface area contributed by atoms with E-state index in [1.165, 1.54) is 30.3 Å². The van der Waals surface area contributed by atoms with Gasteiger partial charge in [0.25, 0.3) is 11.6 Å².